The fourth-order valence-corrected chi connectivity index (χ4v) is 3.94. The number of rotatable bonds is 6. The number of nitrogens with two attached hydrogens (primary N) is 1. The number of hydrogen-bond acceptors (Lipinski definition) is 9. The van der Waals surface area contributed by atoms with Crippen molar-refractivity contribution in [3.8, 4) is 11.8 Å². The van der Waals surface area contributed by atoms with E-state index < -0.39 is 28.7 Å². The highest BCUT2D eigenvalue weighted by Crippen LogP contribution is 2.35. The Morgan fingerprint density at radius 1 is 1.34 bits per heavy atom. The lowest BCUT2D eigenvalue weighted by Crippen LogP contribution is -2.32. The van der Waals surface area contributed by atoms with Crippen molar-refractivity contribution in [1.29, 1.82) is 5.26 Å². The number of anilines is 3. The minimum Gasteiger partial charge on any atom is -0.450 e. The van der Waals surface area contributed by atoms with Crippen LogP contribution in [0.2, 0.25) is 5.02 Å². The second-order valence-electron chi connectivity index (χ2n) is 7.72. The molecule has 0 aliphatic rings. The third-order valence-corrected chi connectivity index (χ3v) is 5.85. The van der Waals surface area contributed by atoms with Crippen molar-refractivity contribution >= 4 is 46.0 Å². The molecule has 0 saturated heterocycles. The van der Waals surface area contributed by atoms with Crippen molar-refractivity contribution in [1.82, 2.24) is 24.5 Å². The first-order chi connectivity index (χ1) is 18.0. The van der Waals surface area contributed by atoms with Crippen LogP contribution < -0.4 is 31.2 Å². The first-order valence-corrected chi connectivity index (χ1v) is 11.0. The number of alkyl halides is 3. The number of nitrogens with one attached hydrogen (secondary N) is 3. The number of H-pyrrole nitrogens is 1. The average molecular weight is 548 g/mol. The summed E-state index contributed by atoms with van der Waals surface area (Å²) < 4.78 is 48.6. The van der Waals surface area contributed by atoms with Crippen molar-refractivity contribution < 1.29 is 22.5 Å². The van der Waals surface area contributed by atoms with E-state index in [1.165, 1.54) is 35.4 Å². The number of pyridine rings is 2. The molecule has 0 bridgehead atoms. The second-order valence-corrected chi connectivity index (χ2v) is 8.10. The predicted octanol–water partition coefficient (Wildman–Crippen LogP) is 2.54. The molecular weight excluding hydrogens is 529 g/mol. The lowest BCUT2D eigenvalue weighted by molar-refractivity contribution is -0.629. The zero-order chi connectivity index (χ0) is 27.8. The summed E-state index contributed by atoms with van der Waals surface area (Å²) in [6.45, 7) is 0. The van der Waals surface area contributed by atoms with E-state index in [1.807, 2.05) is 0 Å². The van der Waals surface area contributed by atoms with Crippen LogP contribution in [0, 0.1) is 11.3 Å². The first-order valence-electron chi connectivity index (χ1n) is 10.6. The van der Waals surface area contributed by atoms with E-state index in [1.54, 1.807) is 14.1 Å². The van der Waals surface area contributed by atoms with Gasteiger partial charge in [0.25, 0.3) is 5.56 Å². The molecule has 0 aliphatic carbocycles. The average Bonchev–Trinajstić information content (AvgIpc) is 3.21. The third-order valence-electron chi connectivity index (χ3n) is 5.49. The fraction of sp³-hybridized carbons (Fsp3) is 0.182. The minimum atomic E-state index is -4.86. The molecule has 0 amide bonds. The molecular formula is C22H19ClF3N10O2+. The zero-order valence-electron chi connectivity index (χ0n) is 20.0. The van der Waals surface area contributed by atoms with Gasteiger partial charge < -0.3 is 15.8 Å². The summed E-state index contributed by atoms with van der Waals surface area (Å²) in [5, 5.41) is 14.7. The van der Waals surface area contributed by atoms with E-state index >= 15 is 0 Å². The molecule has 0 aromatic carbocycles. The SMILES string of the molecule is CNc1nccnc1/C(=C\N)Oc1cnc2[nH]c(Nc3cc(C(F)(F)F)c(C#N)n(C)c3=O)[n+](C)c2c1Cl. The molecule has 0 radical (unpaired) electrons. The molecule has 16 heteroatoms. The van der Waals surface area contributed by atoms with Crippen LogP contribution in [0.5, 0.6) is 5.75 Å². The summed E-state index contributed by atoms with van der Waals surface area (Å²) in [6.07, 6.45) is 0.559. The number of imidazole rings is 1. The largest absolute Gasteiger partial charge is 0.450 e. The van der Waals surface area contributed by atoms with Gasteiger partial charge in [-0.05, 0) is 6.07 Å². The highest BCUT2D eigenvalue weighted by Gasteiger charge is 2.37. The topological polar surface area (TPSA) is 163 Å². The van der Waals surface area contributed by atoms with Gasteiger partial charge in [0.15, 0.2) is 28.5 Å². The summed E-state index contributed by atoms with van der Waals surface area (Å²) in [4.78, 5) is 28.2. The molecule has 38 heavy (non-hydrogen) atoms. The van der Waals surface area contributed by atoms with Crippen LogP contribution in [0.15, 0.2) is 35.7 Å². The maximum atomic E-state index is 13.5. The molecule has 0 atom stereocenters. The molecule has 196 valence electrons. The zero-order valence-corrected chi connectivity index (χ0v) is 20.7. The monoisotopic (exact) mass is 547 g/mol. The maximum Gasteiger partial charge on any atom is 0.419 e. The van der Waals surface area contributed by atoms with Gasteiger partial charge in [0.2, 0.25) is 5.65 Å². The molecule has 4 aromatic heterocycles. The van der Waals surface area contributed by atoms with Crippen LogP contribution >= 0.6 is 11.6 Å². The number of aryl methyl sites for hydroxylation is 1. The minimum absolute atomic E-state index is 0.0831. The fourth-order valence-electron chi connectivity index (χ4n) is 3.64. The number of fused-ring (bicyclic) bond motifs is 1. The van der Waals surface area contributed by atoms with Gasteiger partial charge in [-0.15, -0.1) is 0 Å². The molecule has 0 unspecified atom stereocenters. The first kappa shape index (κ1) is 26.2. The molecule has 4 rings (SSSR count). The van der Waals surface area contributed by atoms with Gasteiger partial charge in [-0.1, -0.05) is 11.6 Å². The number of aromatic nitrogens is 6. The Morgan fingerprint density at radius 2 is 2.05 bits per heavy atom. The molecule has 0 saturated carbocycles. The predicted molar refractivity (Wildman–Crippen MR) is 131 cm³/mol. The second kappa shape index (κ2) is 9.90. The molecule has 4 heterocycles. The smallest absolute Gasteiger partial charge is 0.419 e. The van der Waals surface area contributed by atoms with E-state index in [9.17, 15) is 18.0 Å². The third kappa shape index (κ3) is 4.52. The van der Waals surface area contributed by atoms with Gasteiger partial charge in [-0.2, -0.15) is 18.4 Å². The Balaban J connectivity index is 1.76. The Hall–Kier alpha value is -4.84. The quantitative estimate of drug-likeness (QED) is 0.210. The van der Waals surface area contributed by atoms with E-state index in [-0.39, 0.29) is 28.1 Å². The van der Waals surface area contributed by atoms with E-state index in [0.717, 1.165) is 7.05 Å². The number of aromatic amines is 1. The number of nitriles is 1. The van der Waals surface area contributed by atoms with Crippen LogP contribution in [-0.2, 0) is 20.3 Å². The van der Waals surface area contributed by atoms with Crippen molar-refractivity contribution in [2.75, 3.05) is 17.7 Å². The number of nitrogens with zero attached hydrogens (tertiary/aromatic N) is 6. The maximum absolute atomic E-state index is 13.5. The number of halogens is 4. The van der Waals surface area contributed by atoms with E-state index in [0.29, 0.717) is 27.7 Å². The lowest BCUT2D eigenvalue weighted by Gasteiger charge is -2.13. The van der Waals surface area contributed by atoms with Crippen LogP contribution in [0.3, 0.4) is 0 Å². The normalized spacial score (nSPS) is 11.9. The summed E-state index contributed by atoms with van der Waals surface area (Å²) in [5.41, 5.74) is 3.25. The molecule has 4 aromatic rings. The summed E-state index contributed by atoms with van der Waals surface area (Å²) in [7, 11) is 4.27. The van der Waals surface area contributed by atoms with Crippen molar-refractivity contribution in [3.63, 3.8) is 0 Å². The molecule has 5 N–H and O–H groups in total. The Morgan fingerprint density at radius 3 is 2.68 bits per heavy atom. The number of ether oxygens (including phenoxy) is 1. The molecule has 0 spiro atoms. The van der Waals surface area contributed by atoms with Gasteiger partial charge >= 0.3 is 12.1 Å². The van der Waals surface area contributed by atoms with Gasteiger partial charge in [-0.3, -0.25) is 9.36 Å². The Labute approximate surface area is 217 Å². The van der Waals surface area contributed by atoms with Crippen molar-refractivity contribution in [2.45, 2.75) is 6.18 Å². The van der Waals surface area contributed by atoms with Crippen LogP contribution in [0.1, 0.15) is 17.0 Å². The highest BCUT2D eigenvalue weighted by molar-refractivity contribution is 6.36. The lowest BCUT2D eigenvalue weighted by atomic mass is 10.1. The van der Waals surface area contributed by atoms with Crippen molar-refractivity contribution in [2.24, 2.45) is 19.8 Å². The van der Waals surface area contributed by atoms with Gasteiger partial charge in [0, 0.05) is 32.7 Å². The van der Waals surface area contributed by atoms with Crippen molar-refractivity contribution in [3.05, 3.63) is 63.2 Å². The molecule has 12 nitrogen and oxygen atoms in total. The molecule has 0 aliphatic heterocycles. The Kier molecular flexibility index (Phi) is 6.83. The van der Waals surface area contributed by atoms with Gasteiger partial charge in [-0.25, -0.2) is 29.8 Å². The summed E-state index contributed by atoms with van der Waals surface area (Å²) in [6, 6.07) is 2.00. The van der Waals surface area contributed by atoms with E-state index in [4.69, 9.17) is 27.3 Å². The Bertz CT molecular complexity index is 1690. The van der Waals surface area contributed by atoms with E-state index in [2.05, 4.69) is 30.6 Å². The van der Waals surface area contributed by atoms with Crippen LogP contribution in [-0.4, -0.2) is 31.6 Å². The molecule has 0 fully saturated rings. The summed E-state index contributed by atoms with van der Waals surface area (Å²) >= 11 is 6.60. The highest BCUT2D eigenvalue weighted by atomic mass is 35.5. The summed E-state index contributed by atoms with van der Waals surface area (Å²) in [5.74, 6) is 0.707. The standard InChI is InChI=1S/C22H18ClF3N10O2/c1-29-18-16(30-4-5-31-18)13(8-28)38-14-9-32-19-17(15(14)23)36(3)21(34-19)33-11-6-10(22(24,25)26)12(7-27)35(2)20(11)37/h4-6,8-9H,1-3H3,(H4,28,29,30,31,32,33,34)/p+1. The van der Waals surface area contributed by atoms with Crippen LogP contribution in [0.25, 0.3) is 16.9 Å². The van der Waals surface area contributed by atoms with Gasteiger partial charge in [0.1, 0.15) is 22.5 Å². The van der Waals surface area contributed by atoms with Crippen LogP contribution in [0.4, 0.5) is 30.6 Å². The number of hydrogen-bond donors (Lipinski definition) is 4. The van der Waals surface area contributed by atoms with Gasteiger partial charge in [0.05, 0.1) is 18.8 Å².